The van der Waals surface area contributed by atoms with Gasteiger partial charge in [-0.15, -0.1) is 0 Å². The van der Waals surface area contributed by atoms with Crippen LogP contribution in [0.2, 0.25) is 0 Å². The monoisotopic (exact) mass is 193 g/mol. The Morgan fingerprint density at radius 1 is 1.57 bits per heavy atom. The van der Waals surface area contributed by atoms with Crippen molar-refractivity contribution in [3.63, 3.8) is 0 Å². The van der Waals surface area contributed by atoms with Gasteiger partial charge in [0.1, 0.15) is 5.82 Å². The van der Waals surface area contributed by atoms with Gasteiger partial charge in [0, 0.05) is 18.8 Å². The summed E-state index contributed by atoms with van der Waals surface area (Å²) < 4.78 is 0. The van der Waals surface area contributed by atoms with Gasteiger partial charge in [-0.2, -0.15) is 0 Å². The number of rotatable bonds is 5. The molecule has 1 aromatic heterocycles. The molecule has 1 heterocycles. The van der Waals surface area contributed by atoms with E-state index < -0.39 is 0 Å². The Morgan fingerprint density at radius 3 is 2.93 bits per heavy atom. The number of nitrogens with one attached hydrogen (secondary N) is 1. The Hall–Kier alpha value is -1.09. The van der Waals surface area contributed by atoms with E-state index in [0.717, 1.165) is 18.7 Å². The molecule has 0 saturated heterocycles. The second-order valence-electron chi connectivity index (χ2n) is 3.53. The van der Waals surface area contributed by atoms with Gasteiger partial charge >= 0.3 is 0 Å². The first-order valence-corrected chi connectivity index (χ1v) is 5.16. The molecular formula is C11H19N3. The largest absolute Gasteiger partial charge is 0.366 e. The van der Waals surface area contributed by atoms with Crippen molar-refractivity contribution in [1.29, 1.82) is 0 Å². The molecule has 14 heavy (non-hydrogen) atoms. The van der Waals surface area contributed by atoms with Gasteiger partial charge in [0.25, 0.3) is 0 Å². The molecule has 3 heteroatoms. The summed E-state index contributed by atoms with van der Waals surface area (Å²) in [5, 5.41) is 3.36. The smallest absolute Gasteiger partial charge is 0.129 e. The number of hydrogen-bond donors (Lipinski definition) is 2. The van der Waals surface area contributed by atoms with Crippen LogP contribution < -0.4 is 11.1 Å². The zero-order valence-corrected chi connectivity index (χ0v) is 8.96. The zero-order chi connectivity index (χ0) is 10.4. The molecule has 0 saturated carbocycles. The minimum absolute atomic E-state index is 0.341. The molecule has 0 amide bonds. The lowest BCUT2D eigenvalue weighted by molar-refractivity contribution is 0.645. The molecular weight excluding hydrogens is 174 g/mol. The summed E-state index contributed by atoms with van der Waals surface area (Å²) in [6, 6.07) is 4.33. The molecule has 1 atom stereocenters. The van der Waals surface area contributed by atoms with Crippen molar-refractivity contribution in [2.45, 2.75) is 32.7 Å². The Labute approximate surface area is 85.7 Å². The fourth-order valence-corrected chi connectivity index (χ4v) is 1.43. The van der Waals surface area contributed by atoms with Crippen molar-refractivity contribution in [3.05, 3.63) is 23.9 Å². The van der Waals surface area contributed by atoms with E-state index in [0.29, 0.717) is 12.6 Å². The third kappa shape index (κ3) is 3.00. The topological polar surface area (TPSA) is 50.9 Å². The Bertz CT molecular complexity index is 273. The van der Waals surface area contributed by atoms with Gasteiger partial charge in [0.2, 0.25) is 0 Å². The van der Waals surface area contributed by atoms with Crippen LogP contribution in [0.5, 0.6) is 0 Å². The van der Waals surface area contributed by atoms with Crippen LogP contribution in [0.1, 0.15) is 25.3 Å². The molecule has 0 aliphatic rings. The number of nitrogens with zero attached hydrogens (tertiary/aromatic N) is 1. The quantitative estimate of drug-likeness (QED) is 0.751. The summed E-state index contributed by atoms with van der Waals surface area (Å²) >= 11 is 0. The molecule has 1 aromatic rings. The van der Waals surface area contributed by atoms with E-state index in [-0.39, 0.29) is 0 Å². The molecule has 3 N–H and O–H groups in total. The highest BCUT2D eigenvalue weighted by molar-refractivity contribution is 5.43. The van der Waals surface area contributed by atoms with Crippen LogP contribution in [0.25, 0.3) is 0 Å². The molecule has 0 spiro atoms. The fraction of sp³-hybridized carbons (Fsp3) is 0.545. The maximum absolute atomic E-state index is 5.67. The summed E-state index contributed by atoms with van der Waals surface area (Å²) in [5.74, 6) is 0.955. The first-order valence-electron chi connectivity index (χ1n) is 5.16. The minimum Gasteiger partial charge on any atom is -0.366 e. The highest BCUT2D eigenvalue weighted by atomic mass is 15.0. The van der Waals surface area contributed by atoms with E-state index >= 15 is 0 Å². The number of pyridine rings is 1. The number of aromatic nitrogens is 1. The van der Waals surface area contributed by atoms with Gasteiger partial charge in [-0.1, -0.05) is 19.4 Å². The molecule has 0 aliphatic carbocycles. The molecule has 3 nitrogen and oxygen atoms in total. The van der Waals surface area contributed by atoms with Crippen LogP contribution in [0, 0.1) is 6.92 Å². The normalized spacial score (nSPS) is 12.5. The van der Waals surface area contributed by atoms with Crippen LogP contribution in [0.4, 0.5) is 5.82 Å². The molecule has 0 aromatic carbocycles. The van der Waals surface area contributed by atoms with Crippen LogP contribution in [0.3, 0.4) is 0 Å². The van der Waals surface area contributed by atoms with Gasteiger partial charge in [-0.3, -0.25) is 0 Å². The van der Waals surface area contributed by atoms with Crippen LogP contribution in [0.15, 0.2) is 18.3 Å². The summed E-state index contributed by atoms with van der Waals surface area (Å²) in [4.78, 5) is 4.28. The summed E-state index contributed by atoms with van der Waals surface area (Å²) in [6.45, 7) is 4.87. The predicted molar refractivity (Wildman–Crippen MR) is 60.3 cm³/mol. The van der Waals surface area contributed by atoms with Crippen molar-refractivity contribution in [3.8, 4) is 0 Å². The number of nitrogens with two attached hydrogens (primary N) is 1. The molecule has 0 fully saturated rings. The van der Waals surface area contributed by atoms with E-state index in [1.165, 1.54) is 5.56 Å². The van der Waals surface area contributed by atoms with E-state index in [1.54, 1.807) is 6.20 Å². The first-order chi connectivity index (χ1) is 6.77. The number of hydrogen-bond acceptors (Lipinski definition) is 3. The van der Waals surface area contributed by atoms with Gasteiger partial charge in [0.05, 0.1) is 0 Å². The zero-order valence-electron chi connectivity index (χ0n) is 8.96. The van der Waals surface area contributed by atoms with E-state index in [1.807, 2.05) is 6.07 Å². The molecule has 0 radical (unpaired) electrons. The van der Waals surface area contributed by atoms with Crippen molar-refractivity contribution in [1.82, 2.24) is 4.98 Å². The second-order valence-corrected chi connectivity index (χ2v) is 3.53. The Kier molecular flexibility index (Phi) is 4.40. The van der Waals surface area contributed by atoms with Crippen molar-refractivity contribution in [2.75, 3.05) is 11.9 Å². The molecule has 1 rings (SSSR count). The number of aryl methyl sites for hydroxylation is 1. The van der Waals surface area contributed by atoms with Gasteiger partial charge in [-0.25, -0.2) is 4.98 Å². The summed E-state index contributed by atoms with van der Waals surface area (Å²) in [6.07, 6.45) is 4.03. The van der Waals surface area contributed by atoms with E-state index in [2.05, 4.69) is 30.2 Å². The Balaban J connectivity index is 2.62. The fourth-order valence-electron chi connectivity index (χ4n) is 1.43. The summed E-state index contributed by atoms with van der Waals surface area (Å²) in [5.41, 5.74) is 6.84. The maximum atomic E-state index is 5.67. The van der Waals surface area contributed by atoms with Crippen LogP contribution >= 0.6 is 0 Å². The number of anilines is 1. The minimum atomic E-state index is 0.341. The van der Waals surface area contributed by atoms with Crippen molar-refractivity contribution in [2.24, 2.45) is 5.73 Å². The van der Waals surface area contributed by atoms with Crippen LogP contribution in [-0.4, -0.2) is 17.6 Å². The average molecular weight is 193 g/mol. The lowest BCUT2D eigenvalue weighted by Gasteiger charge is -2.17. The SMILES string of the molecule is CCCC(CN)Nc1ncccc1C. The van der Waals surface area contributed by atoms with Gasteiger partial charge in [-0.05, 0) is 25.0 Å². The van der Waals surface area contributed by atoms with Crippen molar-refractivity contribution >= 4 is 5.82 Å². The highest BCUT2D eigenvalue weighted by Gasteiger charge is 2.06. The lowest BCUT2D eigenvalue weighted by Crippen LogP contribution is -2.29. The van der Waals surface area contributed by atoms with Gasteiger partial charge < -0.3 is 11.1 Å². The molecule has 78 valence electrons. The third-order valence-corrected chi connectivity index (χ3v) is 2.27. The highest BCUT2D eigenvalue weighted by Crippen LogP contribution is 2.11. The van der Waals surface area contributed by atoms with Crippen molar-refractivity contribution < 1.29 is 0 Å². The van der Waals surface area contributed by atoms with E-state index in [4.69, 9.17) is 5.73 Å². The predicted octanol–water partition coefficient (Wildman–Crippen LogP) is 1.93. The van der Waals surface area contributed by atoms with Gasteiger partial charge in [0.15, 0.2) is 0 Å². The summed E-state index contributed by atoms with van der Waals surface area (Å²) in [7, 11) is 0. The lowest BCUT2D eigenvalue weighted by atomic mass is 10.1. The average Bonchev–Trinajstić information content (AvgIpc) is 2.20. The standard InChI is InChI=1S/C11H19N3/c1-3-5-10(8-12)14-11-9(2)6-4-7-13-11/h4,6-7,10H,3,5,8,12H2,1-2H3,(H,13,14). The molecule has 0 bridgehead atoms. The molecule has 0 aliphatic heterocycles. The molecule has 1 unspecified atom stereocenters. The van der Waals surface area contributed by atoms with E-state index in [9.17, 15) is 0 Å². The second kappa shape index (κ2) is 5.60. The third-order valence-electron chi connectivity index (χ3n) is 2.27. The van der Waals surface area contributed by atoms with Crippen LogP contribution in [-0.2, 0) is 0 Å². The first kappa shape index (κ1) is 11.0. The Morgan fingerprint density at radius 2 is 2.36 bits per heavy atom. The maximum Gasteiger partial charge on any atom is 0.129 e.